The molecule has 0 N–H and O–H groups in total. The van der Waals surface area contributed by atoms with Gasteiger partial charge in [0.2, 0.25) is 0 Å². The number of esters is 2. The smallest absolute Gasteiger partial charge is 0.346 e. The molecule has 6 nitrogen and oxygen atoms in total. The van der Waals surface area contributed by atoms with Gasteiger partial charge in [-0.05, 0) is 38.0 Å². The first kappa shape index (κ1) is 19.4. The first-order valence-corrected chi connectivity index (χ1v) is 8.28. The van der Waals surface area contributed by atoms with Crippen molar-refractivity contribution in [2.24, 2.45) is 5.92 Å². The van der Waals surface area contributed by atoms with Gasteiger partial charge >= 0.3 is 17.6 Å². The third-order valence-electron chi connectivity index (χ3n) is 3.71. The van der Waals surface area contributed by atoms with E-state index in [9.17, 15) is 14.4 Å². The molecule has 0 bridgehead atoms. The van der Waals surface area contributed by atoms with E-state index in [0.717, 1.165) is 0 Å². The highest BCUT2D eigenvalue weighted by atomic mass is 16.6. The molecule has 0 saturated heterocycles. The Balaban J connectivity index is 2.63. The molecule has 0 spiro atoms. The van der Waals surface area contributed by atoms with Crippen LogP contribution in [-0.4, -0.2) is 19.0 Å². The minimum Gasteiger partial charge on any atom is -0.496 e. The Labute approximate surface area is 151 Å². The van der Waals surface area contributed by atoms with Crippen LogP contribution in [0.25, 0.3) is 16.5 Å². The molecule has 0 aliphatic carbocycles. The van der Waals surface area contributed by atoms with Gasteiger partial charge in [0.05, 0.1) is 18.2 Å². The highest BCUT2D eigenvalue weighted by Gasteiger charge is 2.25. The van der Waals surface area contributed by atoms with Crippen LogP contribution in [0.1, 0.15) is 39.7 Å². The average Bonchev–Trinajstić information content (AvgIpc) is 2.54. The molecule has 6 heteroatoms. The number of hydrogen-bond acceptors (Lipinski definition) is 6. The highest BCUT2D eigenvalue weighted by Crippen LogP contribution is 2.35. The summed E-state index contributed by atoms with van der Waals surface area (Å²) in [5.74, 6) is -0.996. The zero-order valence-electron chi connectivity index (χ0n) is 15.5. The number of allylic oxidation sites excluding steroid dienone is 1. The molecule has 0 fully saturated rings. The van der Waals surface area contributed by atoms with Gasteiger partial charge in [0.1, 0.15) is 11.3 Å². The lowest BCUT2D eigenvalue weighted by atomic mass is 9.98. The van der Waals surface area contributed by atoms with E-state index in [2.05, 4.69) is 0 Å². The van der Waals surface area contributed by atoms with Gasteiger partial charge in [0, 0.05) is 17.9 Å². The van der Waals surface area contributed by atoms with Crippen LogP contribution < -0.4 is 10.4 Å². The summed E-state index contributed by atoms with van der Waals surface area (Å²) in [5, 5.41) is 0.625. The molecule has 0 atom stereocenters. The number of carbonyl (C=O) groups is 2. The van der Waals surface area contributed by atoms with Crippen molar-refractivity contribution in [3.05, 3.63) is 45.8 Å². The van der Waals surface area contributed by atoms with Crippen LogP contribution >= 0.6 is 0 Å². The lowest BCUT2D eigenvalue weighted by Crippen LogP contribution is -2.17. The number of methoxy groups -OCH3 is 1. The predicted octanol–water partition coefficient (Wildman–Crippen LogP) is 3.71. The lowest BCUT2D eigenvalue weighted by molar-refractivity contribution is -0.156. The van der Waals surface area contributed by atoms with Crippen LogP contribution in [0, 0.1) is 5.92 Å². The third-order valence-corrected chi connectivity index (χ3v) is 3.71. The van der Waals surface area contributed by atoms with Crippen LogP contribution in [0.5, 0.6) is 5.75 Å². The lowest BCUT2D eigenvalue weighted by Gasteiger charge is -2.15. The van der Waals surface area contributed by atoms with E-state index in [4.69, 9.17) is 13.9 Å². The van der Waals surface area contributed by atoms with Crippen LogP contribution in [-0.2, 0) is 14.3 Å². The summed E-state index contributed by atoms with van der Waals surface area (Å²) in [5.41, 5.74) is 0.694. The van der Waals surface area contributed by atoms with Crippen LogP contribution in [0.15, 0.2) is 39.1 Å². The molecule has 1 aromatic carbocycles. The Hall–Kier alpha value is -2.89. The highest BCUT2D eigenvalue weighted by molar-refractivity contribution is 6.23. The van der Waals surface area contributed by atoms with Crippen molar-refractivity contribution in [2.75, 3.05) is 7.11 Å². The number of fused-ring (bicyclic) bond motifs is 1. The summed E-state index contributed by atoms with van der Waals surface area (Å²) >= 11 is 0. The molecule has 0 saturated carbocycles. The van der Waals surface area contributed by atoms with Crippen LogP contribution in [0.4, 0.5) is 0 Å². The zero-order valence-corrected chi connectivity index (χ0v) is 15.5. The van der Waals surface area contributed by atoms with E-state index in [0.29, 0.717) is 22.3 Å². The molecule has 26 heavy (non-hydrogen) atoms. The Kier molecular flexibility index (Phi) is 5.97. The van der Waals surface area contributed by atoms with E-state index in [1.807, 2.05) is 13.8 Å². The summed E-state index contributed by atoms with van der Waals surface area (Å²) in [6, 6.07) is 6.29. The van der Waals surface area contributed by atoms with Gasteiger partial charge in [-0.3, -0.25) is 4.79 Å². The Morgan fingerprint density at radius 2 is 1.77 bits per heavy atom. The van der Waals surface area contributed by atoms with Crippen molar-refractivity contribution < 1.29 is 23.5 Å². The normalized spacial score (nSPS) is 10.7. The minimum absolute atomic E-state index is 0.0653. The molecule has 2 aromatic rings. The van der Waals surface area contributed by atoms with Crippen molar-refractivity contribution in [3.8, 4) is 5.75 Å². The molecular formula is C20H22O6. The van der Waals surface area contributed by atoms with Gasteiger partial charge in [-0.25, -0.2) is 9.59 Å². The Morgan fingerprint density at radius 3 is 2.35 bits per heavy atom. The molecule has 1 aromatic heterocycles. The van der Waals surface area contributed by atoms with Gasteiger partial charge < -0.3 is 13.9 Å². The van der Waals surface area contributed by atoms with Crippen LogP contribution in [0.3, 0.4) is 0 Å². The summed E-state index contributed by atoms with van der Waals surface area (Å²) < 4.78 is 15.7. The largest absolute Gasteiger partial charge is 0.496 e. The zero-order chi connectivity index (χ0) is 19.4. The van der Waals surface area contributed by atoms with E-state index in [1.165, 1.54) is 13.2 Å². The molecular weight excluding hydrogens is 336 g/mol. The summed E-state index contributed by atoms with van der Waals surface area (Å²) in [7, 11) is 1.45. The number of hydrogen-bond donors (Lipinski definition) is 0. The summed E-state index contributed by atoms with van der Waals surface area (Å²) in [4.78, 5) is 36.3. The first-order chi connectivity index (χ1) is 12.2. The standard InChI is InChI=1S/C20H22O6/c1-11(2)10-16(22)26-20(23)17(12(3)4)18-14(24-5)8-6-13-7-9-15(21)25-19(13)18/h6-9,11H,10H2,1-5H3. The van der Waals surface area contributed by atoms with Crippen molar-refractivity contribution in [2.45, 2.75) is 34.1 Å². The van der Waals surface area contributed by atoms with Crippen molar-refractivity contribution in [1.82, 2.24) is 0 Å². The number of benzene rings is 1. The van der Waals surface area contributed by atoms with E-state index in [1.54, 1.807) is 32.0 Å². The van der Waals surface area contributed by atoms with Gasteiger partial charge in [0.25, 0.3) is 0 Å². The van der Waals surface area contributed by atoms with Crippen molar-refractivity contribution in [3.63, 3.8) is 0 Å². The second-order valence-electron chi connectivity index (χ2n) is 6.55. The van der Waals surface area contributed by atoms with Crippen LogP contribution in [0.2, 0.25) is 0 Å². The molecule has 1 heterocycles. The summed E-state index contributed by atoms with van der Waals surface area (Å²) in [6.45, 7) is 7.14. The topological polar surface area (TPSA) is 82.8 Å². The molecule has 0 amide bonds. The fourth-order valence-corrected chi connectivity index (χ4v) is 2.61. The Morgan fingerprint density at radius 1 is 1.12 bits per heavy atom. The van der Waals surface area contributed by atoms with Gasteiger partial charge in [-0.15, -0.1) is 0 Å². The van der Waals surface area contributed by atoms with Gasteiger partial charge in [-0.2, -0.15) is 0 Å². The molecule has 0 aliphatic rings. The second-order valence-corrected chi connectivity index (χ2v) is 6.55. The molecule has 2 rings (SSSR count). The molecule has 0 aliphatic heterocycles. The fraction of sp³-hybridized carbons (Fsp3) is 0.350. The number of rotatable bonds is 5. The molecule has 0 radical (unpaired) electrons. The van der Waals surface area contributed by atoms with E-state index in [-0.39, 0.29) is 23.5 Å². The Bertz CT molecular complexity index is 929. The minimum atomic E-state index is -0.798. The van der Waals surface area contributed by atoms with Gasteiger partial charge in [0.15, 0.2) is 0 Å². The average molecular weight is 358 g/mol. The maximum Gasteiger partial charge on any atom is 0.346 e. The summed E-state index contributed by atoms with van der Waals surface area (Å²) in [6.07, 6.45) is 0.129. The second kappa shape index (κ2) is 7.99. The number of carbonyl (C=O) groups excluding carboxylic acids is 2. The van der Waals surface area contributed by atoms with E-state index >= 15 is 0 Å². The maximum atomic E-state index is 12.7. The number of ether oxygens (including phenoxy) is 2. The van der Waals surface area contributed by atoms with Gasteiger partial charge in [-0.1, -0.05) is 19.4 Å². The molecule has 138 valence electrons. The maximum absolute atomic E-state index is 12.7. The molecule has 0 unspecified atom stereocenters. The quantitative estimate of drug-likeness (QED) is 0.351. The first-order valence-electron chi connectivity index (χ1n) is 8.28. The van der Waals surface area contributed by atoms with Crippen molar-refractivity contribution in [1.29, 1.82) is 0 Å². The predicted molar refractivity (Wildman–Crippen MR) is 97.9 cm³/mol. The van der Waals surface area contributed by atoms with Crippen molar-refractivity contribution >= 4 is 28.5 Å². The van der Waals surface area contributed by atoms with E-state index < -0.39 is 17.6 Å². The fourth-order valence-electron chi connectivity index (χ4n) is 2.61. The third kappa shape index (κ3) is 4.20. The SMILES string of the molecule is COc1ccc2ccc(=O)oc2c1C(C(=O)OC(=O)CC(C)C)=C(C)C. The monoisotopic (exact) mass is 358 g/mol.